The van der Waals surface area contributed by atoms with Crippen LogP contribution < -0.4 is 25.4 Å². The zero-order chi connectivity index (χ0) is 27.5. The SMILES string of the molecule is COc1cccc(CNC(=O)c2ccccc2C(=O)N[C@@H](CC(C)C)C(=O)NCc2cccc(OC)c2)c1. The minimum absolute atomic E-state index is 0.157. The largest absolute Gasteiger partial charge is 0.497 e. The van der Waals surface area contributed by atoms with Gasteiger partial charge in [-0.25, -0.2) is 0 Å². The van der Waals surface area contributed by atoms with E-state index in [1.807, 2.05) is 62.4 Å². The number of hydrogen-bond donors (Lipinski definition) is 3. The first-order valence-corrected chi connectivity index (χ1v) is 12.5. The van der Waals surface area contributed by atoms with Crippen molar-refractivity contribution >= 4 is 17.7 Å². The van der Waals surface area contributed by atoms with Crippen LogP contribution in [0.4, 0.5) is 0 Å². The molecule has 0 radical (unpaired) electrons. The molecule has 0 bridgehead atoms. The number of ether oxygens (including phenoxy) is 2. The molecule has 0 aromatic heterocycles. The number of benzene rings is 3. The fraction of sp³-hybridized carbons (Fsp3) is 0.300. The minimum Gasteiger partial charge on any atom is -0.497 e. The van der Waals surface area contributed by atoms with Crippen molar-refractivity contribution in [2.45, 2.75) is 39.4 Å². The van der Waals surface area contributed by atoms with Crippen molar-refractivity contribution in [1.29, 1.82) is 0 Å². The van der Waals surface area contributed by atoms with Crippen molar-refractivity contribution < 1.29 is 23.9 Å². The fourth-order valence-corrected chi connectivity index (χ4v) is 3.97. The van der Waals surface area contributed by atoms with E-state index in [0.717, 1.165) is 11.1 Å². The molecule has 8 heteroatoms. The average molecular weight is 518 g/mol. The third kappa shape index (κ3) is 8.09. The summed E-state index contributed by atoms with van der Waals surface area (Å²) in [4.78, 5) is 39.3. The molecule has 0 saturated heterocycles. The van der Waals surface area contributed by atoms with Gasteiger partial charge in [0.1, 0.15) is 17.5 Å². The molecule has 0 unspecified atom stereocenters. The molecular formula is C30H35N3O5. The van der Waals surface area contributed by atoms with Crippen LogP contribution in [0.3, 0.4) is 0 Å². The molecule has 3 aromatic rings. The maximum atomic E-state index is 13.3. The number of amides is 3. The van der Waals surface area contributed by atoms with E-state index in [2.05, 4.69) is 16.0 Å². The predicted molar refractivity (Wildman–Crippen MR) is 146 cm³/mol. The van der Waals surface area contributed by atoms with Gasteiger partial charge in [0.05, 0.1) is 25.3 Å². The van der Waals surface area contributed by atoms with Crippen LogP contribution in [-0.2, 0) is 17.9 Å². The van der Waals surface area contributed by atoms with Gasteiger partial charge in [-0.2, -0.15) is 0 Å². The lowest BCUT2D eigenvalue weighted by molar-refractivity contribution is -0.123. The van der Waals surface area contributed by atoms with Crippen LogP contribution in [-0.4, -0.2) is 38.0 Å². The Labute approximate surface area is 223 Å². The van der Waals surface area contributed by atoms with Gasteiger partial charge in [-0.15, -0.1) is 0 Å². The van der Waals surface area contributed by atoms with Crippen molar-refractivity contribution in [1.82, 2.24) is 16.0 Å². The van der Waals surface area contributed by atoms with E-state index in [4.69, 9.17) is 9.47 Å². The van der Waals surface area contributed by atoms with Crippen LogP contribution in [0.15, 0.2) is 72.8 Å². The molecule has 3 aromatic carbocycles. The van der Waals surface area contributed by atoms with E-state index in [9.17, 15) is 14.4 Å². The highest BCUT2D eigenvalue weighted by Crippen LogP contribution is 2.15. The molecule has 0 aliphatic carbocycles. The zero-order valence-electron chi connectivity index (χ0n) is 22.2. The maximum absolute atomic E-state index is 13.3. The molecule has 0 aliphatic rings. The highest BCUT2D eigenvalue weighted by atomic mass is 16.5. The van der Waals surface area contributed by atoms with Crippen molar-refractivity contribution in [3.8, 4) is 11.5 Å². The average Bonchev–Trinajstić information content (AvgIpc) is 2.94. The third-order valence-electron chi connectivity index (χ3n) is 5.93. The number of methoxy groups -OCH3 is 2. The second kappa shape index (κ2) is 13.8. The quantitative estimate of drug-likeness (QED) is 0.336. The summed E-state index contributed by atoms with van der Waals surface area (Å²) >= 11 is 0. The molecule has 0 saturated carbocycles. The van der Waals surface area contributed by atoms with Crippen LogP contribution in [0.5, 0.6) is 11.5 Å². The number of nitrogens with one attached hydrogen (secondary N) is 3. The smallest absolute Gasteiger partial charge is 0.252 e. The third-order valence-corrected chi connectivity index (χ3v) is 5.93. The summed E-state index contributed by atoms with van der Waals surface area (Å²) in [6.45, 7) is 4.53. The molecule has 3 N–H and O–H groups in total. The number of rotatable bonds is 12. The summed E-state index contributed by atoms with van der Waals surface area (Å²) in [5.41, 5.74) is 2.17. The summed E-state index contributed by atoms with van der Waals surface area (Å²) in [7, 11) is 3.17. The van der Waals surface area contributed by atoms with Crippen molar-refractivity contribution in [3.63, 3.8) is 0 Å². The topological polar surface area (TPSA) is 106 Å². The highest BCUT2D eigenvalue weighted by molar-refractivity contribution is 6.08. The molecule has 3 rings (SSSR count). The van der Waals surface area contributed by atoms with Crippen molar-refractivity contribution in [2.24, 2.45) is 5.92 Å². The van der Waals surface area contributed by atoms with E-state index in [0.29, 0.717) is 24.5 Å². The first-order valence-electron chi connectivity index (χ1n) is 12.5. The van der Waals surface area contributed by atoms with Crippen molar-refractivity contribution in [2.75, 3.05) is 14.2 Å². The normalized spacial score (nSPS) is 11.4. The first kappa shape index (κ1) is 28.2. The fourth-order valence-electron chi connectivity index (χ4n) is 3.97. The monoisotopic (exact) mass is 517 g/mol. The molecule has 0 fully saturated rings. The molecule has 3 amide bonds. The Morgan fingerprint density at radius 1 is 0.711 bits per heavy atom. The Morgan fingerprint density at radius 2 is 1.24 bits per heavy atom. The lowest BCUT2D eigenvalue weighted by Crippen LogP contribution is -2.47. The lowest BCUT2D eigenvalue weighted by atomic mass is 10.0. The summed E-state index contributed by atoms with van der Waals surface area (Å²) in [5, 5.41) is 8.59. The minimum atomic E-state index is -0.763. The van der Waals surface area contributed by atoms with Crippen LogP contribution in [0.1, 0.15) is 52.1 Å². The molecule has 200 valence electrons. The van der Waals surface area contributed by atoms with E-state index in [-0.39, 0.29) is 35.4 Å². The van der Waals surface area contributed by atoms with Crippen LogP contribution in [0.25, 0.3) is 0 Å². The Hall–Kier alpha value is -4.33. The van der Waals surface area contributed by atoms with Gasteiger partial charge in [0.2, 0.25) is 5.91 Å². The Kier molecular flexibility index (Phi) is 10.3. The second-order valence-electron chi connectivity index (χ2n) is 9.30. The Balaban J connectivity index is 1.69. The standard InChI is InChI=1S/C30H35N3O5/c1-20(2)15-27(30(36)32-19-22-10-8-12-24(17-22)38-4)33-29(35)26-14-6-5-13-25(26)28(34)31-18-21-9-7-11-23(16-21)37-3/h5-14,16-17,20,27H,15,18-19H2,1-4H3,(H,31,34)(H,32,36)(H,33,35)/t27-/m0/s1. The number of hydrogen-bond acceptors (Lipinski definition) is 5. The molecular weight excluding hydrogens is 482 g/mol. The summed E-state index contributed by atoms with van der Waals surface area (Å²) in [6, 6.07) is 20.6. The van der Waals surface area contributed by atoms with E-state index in [1.54, 1.807) is 38.5 Å². The number of carbonyl (C=O) groups is 3. The maximum Gasteiger partial charge on any atom is 0.252 e. The first-order chi connectivity index (χ1) is 18.3. The van der Waals surface area contributed by atoms with Crippen LogP contribution >= 0.6 is 0 Å². The zero-order valence-corrected chi connectivity index (χ0v) is 22.2. The second-order valence-corrected chi connectivity index (χ2v) is 9.30. The molecule has 0 spiro atoms. The summed E-state index contributed by atoms with van der Waals surface area (Å²) in [5.74, 6) is 0.377. The van der Waals surface area contributed by atoms with Crippen molar-refractivity contribution in [3.05, 3.63) is 95.1 Å². The van der Waals surface area contributed by atoms with Gasteiger partial charge in [-0.3, -0.25) is 14.4 Å². The lowest BCUT2D eigenvalue weighted by Gasteiger charge is -2.21. The Bertz CT molecular complexity index is 1260. The van der Waals surface area contributed by atoms with Gasteiger partial charge in [0.25, 0.3) is 11.8 Å². The molecule has 38 heavy (non-hydrogen) atoms. The van der Waals surface area contributed by atoms with Crippen LogP contribution in [0.2, 0.25) is 0 Å². The molecule has 1 atom stereocenters. The van der Waals surface area contributed by atoms with Gasteiger partial charge in [-0.1, -0.05) is 50.2 Å². The summed E-state index contributed by atoms with van der Waals surface area (Å²) < 4.78 is 10.5. The number of carbonyl (C=O) groups excluding carboxylic acids is 3. The summed E-state index contributed by atoms with van der Waals surface area (Å²) in [6.07, 6.45) is 0.444. The predicted octanol–water partition coefficient (Wildman–Crippen LogP) is 4.09. The van der Waals surface area contributed by atoms with Gasteiger partial charge in [0.15, 0.2) is 0 Å². The Morgan fingerprint density at radius 3 is 1.76 bits per heavy atom. The van der Waals surface area contributed by atoms with Gasteiger partial charge in [0, 0.05) is 13.1 Å². The van der Waals surface area contributed by atoms with E-state index < -0.39 is 11.9 Å². The van der Waals surface area contributed by atoms with E-state index in [1.165, 1.54) is 0 Å². The van der Waals surface area contributed by atoms with Gasteiger partial charge in [-0.05, 0) is 59.9 Å². The van der Waals surface area contributed by atoms with E-state index >= 15 is 0 Å². The van der Waals surface area contributed by atoms with Crippen LogP contribution in [0, 0.1) is 5.92 Å². The molecule has 0 aliphatic heterocycles. The van der Waals surface area contributed by atoms with Gasteiger partial charge >= 0.3 is 0 Å². The molecule has 8 nitrogen and oxygen atoms in total. The highest BCUT2D eigenvalue weighted by Gasteiger charge is 2.25. The van der Waals surface area contributed by atoms with Gasteiger partial charge < -0.3 is 25.4 Å². The molecule has 0 heterocycles.